The van der Waals surface area contributed by atoms with Crippen LogP contribution in [0, 0.1) is 11.8 Å². The molecule has 0 radical (unpaired) electrons. The Hall–Kier alpha value is -2.60. The van der Waals surface area contributed by atoms with Crippen LogP contribution in [-0.2, 0) is 17.8 Å². The van der Waals surface area contributed by atoms with E-state index in [2.05, 4.69) is 38.2 Å². The molecule has 1 aliphatic carbocycles. The molecule has 0 unspecified atom stereocenters. The maximum atomic E-state index is 14.0. The van der Waals surface area contributed by atoms with Crippen molar-refractivity contribution in [2.24, 2.45) is 11.8 Å². The zero-order chi connectivity index (χ0) is 23.3. The quantitative estimate of drug-likeness (QED) is 0.546. The average molecular weight is 464 g/mol. The molecule has 0 spiro atoms. The fourth-order valence-corrected chi connectivity index (χ4v) is 6.43. The van der Waals surface area contributed by atoms with E-state index in [4.69, 9.17) is 0 Å². The minimum Gasteiger partial charge on any atom is -0.351 e. The number of aromatic nitrogens is 1. The molecule has 3 heterocycles. The van der Waals surface area contributed by atoms with Crippen LogP contribution in [0.2, 0.25) is 0 Å². The molecule has 0 saturated heterocycles. The molecule has 6 heteroatoms. The molecular weight excluding hydrogens is 430 g/mol. The lowest BCUT2D eigenvalue weighted by atomic mass is 9.77. The van der Waals surface area contributed by atoms with Gasteiger partial charge in [-0.25, -0.2) is 0 Å². The van der Waals surface area contributed by atoms with Crippen LogP contribution in [0.4, 0.5) is 5.69 Å². The van der Waals surface area contributed by atoms with E-state index in [1.165, 1.54) is 12.0 Å². The standard InChI is InChI=1S/C27H33N3O2S/c1-5-19-9-11-20(12-10-19)30-25(31)23-15-24-22(13-14-33-24)29(23)16-27(30,4)26(32)28-21-8-6-7-17(2)18(21)3/h9-15,17-18,21H,5-8,16H2,1-4H3,(H,28,32)/t17-,18+,21-,27-/m1/s1. The number of carbonyl (C=O) groups is 2. The second kappa shape index (κ2) is 8.32. The molecule has 1 aromatic carbocycles. The Balaban J connectivity index is 1.57. The smallest absolute Gasteiger partial charge is 0.275 e. The summed E-state index contributed by atoms with van der Waals surface area (Å²) in [5, 5.41) is 5.42. The number of anilines is 1. The maximum absolute atomic E-state index is 14.0. The SMILES string of the molecule is CCc1ccc(N2C(=O)c3cc4sccc4n3C[C@]2(C)C(=O)N[C@@H]2CCC[C@@H](C)[C@@H]2C)cc1. The Bertz CT molecular complexity index is 1190. The third-order valence-electron chi connectivity index (χ3n) is 8.02. The number of hydrogen-bond acceptors (Lipinski definition) is 3. The van der Waals surface area contributed by atoms with Gasteiger partial charge < -0.3 is 9.88 Å². The summed E-state index contributed by atoms with van der Waals surface area (Å²) in [7, 11) is 0. The molecule has 1 N–H and O–H groups in total. The number of amides is 2. The number of rotatable bonds is 4. The third kappa shape index (κ3) is 3.59. The van der Waals surface area contributed by atoms with Crippen molar-refractivity contribution in [3.05, 3.63) is 53.0 Å². The highest BCUT2D eigenvalue weighted by molar-refractivity contribution is 7.17. The van der Waals surface area contributed by atoms with Gasteiger partial charge in [0.25, 0.3) is 5.91 Å². The summed E-state index contributed by atoms with van der Waals surface area (Å²) < 4.78 is 3.12. The van der Waals surface area contributed by atoms with Gasteiger partial charge in [-0.15, -0.1) is 11.3 Å². The van der Waals surface area contributed by atoms with Gasteiger partial charge in [0.05, 0.1) is 16.8 Å². The van der Waals surface area contributed by atoms with Crippen LogP contribution in [0.25, 0.3) is 10.2 Å². The van der Waals surface area contributed by atoms with Gasteiger partial charge in [0.2, 0.25) is 5.91 Å². The number of carbonyl (C=O) groups excluding carboxylic acids is 2. The predicted octanol–water partition coefficient (Wildman–Crippen LogP) is 5.63. The summed E-state index contributed by atoms with van der Waals surface area (Å²) in [5.74, 6) is 0.832. The third-order valence-corrected chi connectivity index (χ3v) is 8.87. The molecule has 2 aromatic heterocycles. The van der Waals surface area contributed by atoms with Crippen molar-refractivity contribution in [1.82, 2.24) is 9.88 Å². The monoisotopic (exact) mass is 463 g/mol. The zero-order valence-corrected chi connectivity index (χ0v) is 20.7. The average Bonchev–Trinajstić information content (AvgIpc) is 3.40. The van der Waals surface area contributed by atoms with E-state index in [1.54, 1.807) is 16.2 Å². The molecule has 5 rings (SSSR count). The summed E-state index contributed by atoms with van der Waals surface area (Å²) >= 11 is 1.63. The minimum atomic E-state index is -1.02. The second-order valence-electron chi connectivity index (χ2n) is 10.1. The predicted molar refractivity (Wildman–Crippen MR) is 135 cm³/mol. The summed E-state index contributed by atoms with van der Waals surface area (Å²) in [4.78, 5) is 29.6. The zero-order valence-electron chi connectivity index (χ0n) is 19.9. The maximum Gasteiger partial charge on any atom is 0.275 e. The number of benzene rings is 1. The Morgan fingerprint density at radius 3 is 2.67 bits per heavy atom. The van der Waals surface area contributed by atoms with Gasteiger partial charge >= 0.3 is 0 Å². The van der Waals surface area contributed by atoms with Crippen LogP contribution in [0.1, 0.15) is 63.0 Å². The van der Waals surface area contributed by atoms with E-state index in [0.717, 1.165) is 35.2 Å². The topological polar surface area (TPSA) is 54.3 Å². The number of aryl methyl sites for hydroxylation is 1. The Labute approximate surface area is 199 Å². The van der Waals surface area contributed by atoms with E-state index < -0.39 is 5.54 Å². The van der Waals surface area contributed by atoms with Crippen molar-refractivity contribution in [2.45, 2.75) is 71.5 Å². The lowest BCUT2D eigenvalue weighted by Gasteiger charge is -2.45. The molecule has 5 nitrogen and oxygen atoms in total. The normalized spacial score (nSPS) is 27.6. The van der Waals surface area contributed by atoms with Crippen molar-refractivity contribution in [2.75, 3.05) is 4.90 Å². The van der Waals surface area contributed by atoms with Gasteiger partial charge in [0, 0.05) is 11.7 Å². The first-order chi connectivity index (χ1) is 15.8. The van der Waals surface area contributed by atoms with E-state index in [9.17, 15) is 9.59 Å². The first-order valence-corrected chi connectivity index (χ1v) is 13.0. The molecule has 174 valence electrons. The lowest BCUT2D eigenvalue weighted by molar-refractivity contribution is -0.128. The minimum absolute atomic E-state index is 0.0657. The first kappa shape index (κ1) is 22.2. The molecule has 1 saturated carbocycles. The van der Waals surface area contributed by atoms with Crippen molar-refractivity contribution in [1.29, 1.82) is 0 Å². The summed E-state index contributed by atoms with van der Waals surface area (Å²) in [6.45, 7) is 8.99. The van der Waals surface area contributed by atoms with Crippen molar-refractivity contribution >= 4 is 39.1 Å². The van der Waals surface area contributed by atoms with E-state index in [1.807, 2.05) is 41.1 Å². The van der Waals surface area contributed by atoms with Gasteiger partial charge in [0.1, 0.15) is 11.2 Å². The van der Waals surface area contributed by atoms with Gasteiger partial charge in [-0.3, -0.25) is 14.5 Å². The van der Waals surface area contributed by atoms with Gasteiger partial charge in [-0.2, -0.15) is 0 Å². The lowest BCUT2D eigenvalue weighted by Crippen LogP contribution is -2.66. The second-order valence-corrected chi connectivity index (χ2v) is 11.0. The molecule has 2 amide bonds. The molecule has 1 aliphatic heterocycles. The summed E-state index contributed by atoms with van der Waals surface area (Å²) in [6, 6.07) is 12.2. The van der Waals surface area contributed by atoms with E-state index >= 15 is 0 Å². The van der Waals surface area contributed by atoms with Crippen LogP contribution in [0.5, 0.6) is 0 Å². The molecular formula is C27H33N3O2S. The van der Waals surface area contributed by atoms with Crippen LogP contribution < -0.4 is 10.2 Å². The van der Waals surface area contributed by atoms with E-state index in [0.29, 0.717) is 24.1 Å². The fraction of sp³-hybridized carbons (Fsp3) is 0.481. The molecule has 0 bridgehead atoms. The first-order valence-electron chi connectivity index (χ1n) is 12.1. The molecule has 2 aliphatic rings. The molecule has 33 heavy (non-hydrogen) atoms. The van der Waals surface area contributed by atoms with Crippen molar-refractivity contribution in [3.63, 3.8) is 0 Å². The van der Waals surface area contributed by atoms with Crippen molar-refractivity contribution in [3.8, 4) is 0 Å². The molecule has 3 aromatic rings. The van der Waals surface area contributed by atoms with Crippen LogP contribution in [-0.4, -0.2) is 28.0 Å². The van der Waals surface area contributed by atoms with Crippen LogP contribution in [0.3, 0.4) is 0 Å². The Morgan fingerprint density at radius 2 is 1.94 bits per heavy atom. The van der Waals surface area contributed by atoms with Gasteiger partial charge in [-0.1, -0.05) is 45.7 Å². The van der Waals surface area contributed by atoms with Crippen LogP contribution in [0.15, 0.2) is 41.8 Å². The Morgan fingerprint density at radius 1 is 1.18 bits per heavy atom. The largest absolute Gasteiger partial charge is 0.351 e. The van der Waals surface area contributed by atoms with Crippen LogP contribution >= 0.6 is 11.3 Å². The highest BCUT2D eigenvalue weighted by Crippen LogP contribution is 2.38. The number of hydrogen-bond donors (Lipinski definition) is 1. The fourth-order valence-electron chi connectivity index (χ4n) is 5.61. The summed E-state index contributed by atoms with van der Waals surface area (Å²) in [5.41, 5.74) is 2.65. The highest BCUT2D eigenvalue weighted by Gasteiger charge is 2.49. The van der Waals surface area contributed by atoms with Gasteiger partial charge in [0.15, 0.2) is 0 Å². The molecule has 4 atom stereocenters. The van der Waals surface area contributed by atoms with Crippen molar-refractivity contribution < 1.29 is 9.59 Å². The van der Waals surface area contributed by atoms with Gasteiger partial charge in [-0.05, 0) is 66.8 Å². The number of nitrogens with one attached hydrogen (secondary N) is 1. The Kier molecular flexibility index (Phi) is 5.60. The number of nitrogens with zero attached hydrogens (tertiary/aromatic N) is 2. The number of thiophene rings is 1. The number of fused-ring (bicyclic) bond motifs is 3. The summed E-state index contributed by atoms with van der Waals surface area (Å²) in [6.07, 6.45) is 4.27. The highest BCUT2D eigenvalue weighted by atomic mass is 32.1. The molecule has 1 fully saturated rings. The van der Waals surface area contributed by atoms with E-state index in [-0.39, 0.29) is 17.9 Å².